The van der Waals surface area contributed by atoms with Gasteiger partial charge in [0, 0.05) is 18.8 Å². The fourth-order valence-corrected chi connectivity index (χ4v) is 3.60. The summed E-state index contributed by atoms with van der Waals surface area (Å²) in [7, 11) is 1.92. The largest absolute Gasteiger partial charge is 0.388 e. The molecule has 0 spiro atoms. The normalized spacial score (nSPS) is 19.3. The zero-order chi connectivity index (χ0) is 14.8. The van der Waals surface area contributed by atoms with E-state index >= 15 is 0 Å². The molecular formula is C18H24N2O. The van der Waals surface area contributed by atoms with E-state index in [0.717, 1.165) is 24.1 Å². The van der Waals surface area contributed by atoms with E-state index in [2.05, 4.69) is 36.3 Å². The Hall–Kier alpha value is -1.61. The van der Waals surface area contributed by atoms with Crippen molar-refractivity contribution in [1.82, 2.24) is 9.78 Å². The summed E-state index contributed by atoms with van der Waals surface area (Å²) in [6.07, 6.45) is 6.81. The maximum absolute atomic E-state index is 10.7. The molecule has 1 N–H and O–H groups in total. The Labute approximate surface area is 126 Å². The predicted octanol–water partition coefficient (Wildman–Crippen LogP) is 3.53. The van der Waals surface area contributed by atoms with Gasteiger partial charge in [-0.15, -0.1) is 0 Å². The number of fused-ring (bicyclic) bond motifs is 1. The number of rotatable bonds is 4. The highest BCUT2D eigenvalue weighted by Gasteiger charge is 2.25. The number of aliphatic hydroxyl groups is 1. The van der Waals surface area contributed by atoms with E-state index < -0.39 is 6.10 Å². The minimum absolute atomic E-state index is 0.412. The molecule has 0 saturated heterocycles. The topological polar surface area (TPSA) is 38.0 Å². The molecule has 1 aromatic carbocycles. The van der Waals surface area contributed by atoms with E-state index in [0.29, 0.717) is 5.92 Å². The van der Waals surface area contributed by atoms with Gasteiger partial charge in [-0.2, -0.15) is 5.10 Å². The van der Waals surface area contributed by atoms with Crippen molar-refractivity contribution in [3.8, 4) is 0 Å². The van der Waals surface area contributed by atoms with E-state index in [1.54, 1.807) is 0 Å². The summed E-state index contributed by atoms with van der Waals surface area (Å²) in [5.74, 6) is 0.467. The van der Waals surface area contributed by atoms with Gasteiger partial charge in [0.2, 0.25) is 0 Å². The zero-order valence-corrected chi connectivity index (χ0v) is 12.9. The van der Waals surface area contributed by atoms with E-state index in [1.165, 1.54) is 30.4 Å². The molecular weight excluding hydrogens is 260 g/mol. The molecule has 0 fully saturated rings. The average molecular weight is 284 g/mol. The Bertz CT molecular complexity index is 617. The van der Waals surface area contributed by atoms with Gasteiger partial charge >= 0.3 is 0 Å². The highest BCUT2D eigenvalue weighted by atomic mass is 16.3. The van der Waals surface area contributed by atoms with Gasteiger partial charge in [0.1, 0.15) is 0 Å². The molecule has 112 valence electrons. The third kappa shape index (κ3) is 2.88. The summed E-state index contributed by atoms with van der Waals surface area (Å²) >= 11 is 0. The number of hydrogen-bond acceptors (Lipinski definition) is 2. The smallest absolute Gasteiger partial charge is 0.0829 e. The number of aromatic nitrogens is 2. The van der Waals surface area contributed by atoms with Crippen LogP contribution in [-0.4, -0.2) is 14.9 Å². The van der Waals surface area contributed by atoms with Crippen LogP contribution in [0.15, 0.2) is 30.5 Å². The summed E-state index contributed by atoms with van der Waals surface area (Å²) in [5, 5.41) is 15.1. The van der Waals surface area contributed by atoms with E-state index in [-0.39, 0.29) is 0 Å². The molecule has 2 atom stereocenters. The van der Waals surface area contributed by atoms with Gasteiger partial charge in [0.05, 0.1) is 11.8 Å². The lowest BCUT2D eigenvalue weighted by atomic mass is 9.79. The number of aryl methyl sites for hydroxylation is 3. The lowest BCUT2D eigenvalue weighted by molar-refractivity contribution is 0.153. The van der Waals surface area contributed by atoms with Crippen molar-refractivity contribution in [3.63, 3.8) is 0 Å². The molecule has 0 bridgehead atoms. The summed E-state index contributed by atoms with van der Waals surface area (Å²) in [4.78, 5) is 0. The summed E-state index contributed by atoms with van der Waals surface area (Å²) in [6, 6.07) is 8.70. The average Bonchev–Trinajstić information content (AvgIpc) is 2.89. The molecule has 2 aromatic rings. The van der Waals surface area contributed by atoms with Gasteiger partial charge in [-0.1, -0.05) is 31.2 Å². The maximum atomic E-state index is 10.7. The highest BCUT2D eigenvalue weighted by Crippen LogP contribution is 2.38. The molecule has 3 nitrogen and oxygen atoms in total. The van der Waals surface area contributed by atoms with Crippen LogP contribution in [0.3, 0.4) is 0 Å². The SMILES string of the molecule is CCc1nn(C)cc1C(O)CC1CCCc2ccccc21. The summed E-state index contributed by atoms with van der Waals surface area (Å²) < 4.78 is 1.81. The van der Waals surface area contributed by atoms with Crippen molar-refractivity contribution in [3.05, 3.63) is 52.8 Å². The minimum atomic E-state index is -0.412. The van der Waals surface area contributed by atoms with Crippen LogP contribution in [0.25, 0.3) is 0 Å². The maximum Gasteiger partial charge on any atom is 0.0829 e. The van der Waals surface area contributed by atoms with Crippen molar-refractivity contribution >= 4 is 0 Å². The molecule has 1 aliphatic rings. The Balaban J connectivity index is 1.81. The van der Waals surface area contributed by atoms with Gasteiger partial charge in [0.25, 0.3) is 0 Å². The van der Waals surface area contributed by atoms with Gasteiger partial charge in [-0.25, -0.2) is 0 Å². The van der Waals surface area contributed by atoms with Gasteiger partial charge < -0.3 is 5.11 Å². The molecule has 2 unspecified atom stereocenters. The van der Waals surface area contributed by atoms with Crippen LogP contribution in [-0.2, 0) is 19.9 Å². The third-order valence-corrected chi connectivity index (χ3v) is 4.63. The number of nitrogens with zero attached hydrogens (tertiary/aromatic N) is 2. The Kier molecular flexibility index (Phi) is 4.11. The van der Waals surface area contributed by atoms with Crippen molar-refractivity contribution < 1.29 is 5.11 Å². The summed E-state index contributed by atoms with van der Waals surface area (Å²) in [6.45, 7) is 2.09. The van der Waals surface area contributed by atoms with Crippen LogP contribution in [0, 0.1) is 0 Å². The van der Waals surface area contributed by atoms with Crippen LogP contribution >= 0.6 is 0 Å². The van der Waals surface area contributed by atoms with E-state index in [9.17, 15) is 5.11 Å². The van der Waals surface area contributed by atoms with E-state index in [1.807, 2.05) is 17.9 Å². The summed E-state index contributed by atoms with van der Waals surface area (Å²) in [5.41, 5.74) is 4.92. The molecule has 0 saturated carbocycles. The molecule has 1 aromatic heterocycles. The lowest BCUT2D eigenvalue weighted by Gasteiger charge is -2.27. The second kappa shape index (κ2) is 6.02. The lowest BCUT2D eigenvalue weighted by Crippen LogP contribution is -2.13. The second-order valence-electron chi connectivity index (χ2n) is 6.10. The van der Waals surface area contributed by atoms with Crippen LogP contribution in [0.5, 0.6) is 0 Å². The Morgan fingerprint density at radius 3 is 3.00 bits per heavy atom. The first-order valence-electron chi connectivity index (χ1n) is 7.97. The molecule has 3 rings (SSSR count). The fraction of sp³-hybridized carbons (Fsp3) is 0.500. The van der Waals surface area contributed by atoms with Crippen LogP contribution in [0.4, 0.5) is 0 Å². The molecule has 0 radical (unpaired) electrons. The molecule has 0 aliphatic heterocycles. The van der Waals surface area contributed by atoms with Crippen molar-refractivity contribution in [2.75, 3.05) is 0 Å². The molecule has 21 heavy (non-hydrogen) atoms. The van der Waals surface area contributed by atoms with Crippen molar-refractivity contribution in [1.29, 1.82) is 0 Å². The van der Waals surface area contributed by atoms with Crippen molar-refractivity contribution in [2.45, 2.75) is 51.0 Å². The highest BCUT2D eigenvalue weighted by molar-refractivity contribution is 5.33. The molecule has 0 amide bonds. The number of hydrogen-bond donors (Lipinski definition) is 1. The number of aliphatic hydroxyl groups excluding tert-OH is 1. The minimum Gasteiger partial charge on any atom is -0.388 e. The first kappa shape index (κ1) is 14.3. The Morgan fingerprint density at radius 2 is 2.19 bits per heavy atom. The first-order chi connectivity index (χ1) is 10.2. The zero-order valence-electron chi connectivity index (χ0n) is 12.9. The van der Waals surface area contributed by atoms with Gasteiger partial charge in [-0.3, -0.25) is 4.68 Å². The predicted molar refractivity (Wildman–Crippen MR) is 84.3 cm³/mol. The van der Waals surface area contributed by atoms with Crippen LogP contribution < -0.4 is 0 Å². The monoisotopic (exact) mass is 284 g/mol. The quantitative estimate of drug-likeness (QED) is 0.932. The second-order valence-corrected chi connectivity index (χ2v) is 6.10. The third-order valence-electron chi connectivity index (χ3n) is 4.63. The molecule has 1 heterocycles. The molecule has 1 aliphatic carbocycles. The van der Waals surface area contributed by atoms with Gasteiger partial charge in [-0.05, 0) is 49.1 Å². The standard InChI is InChI=1S/C18H24N2O/c1-3-17-16(12-20(2)19-17)18(21)11-14-9-6-8-13-7-4-5-10-15(13)14/h4-5,7,10,12,14,18,21H,3,6,8-9,11H2,1-2H3. The Morgan fingerprint density at radius 1 is 1.38 bits per heavy atom. The van der Waals surface area contributed by atoms with Gasteiger partial charge in [0.15, 0.2) is 0 Å². The van der Waals surface area contributed by atoms with Crippen LogP contribution in [0.1, 0.15) is 60.6 Å². The molecule has 3 heteroatoms. The van der Waals surface area contributed by atoms with Crippen LogP contribution in [0.2, 0.25) is 0 Å². The van der Waals surface area contributed by atoms with E-state index in [4.69, 9.17) is 0 Å². The van der Waals surface area contributed by atoms with Crippen molar-refractivity contribution in [2.24, 2.45) is 7.05 Å². The number of benzene rings is 1. The first-order valence-corrected chi connectivity index (χ1v) is 7.97. The fourth-order valence-electron chi connectivity index (χ4n) is 3.60.